The molecular weight excluding hydrogens is 260 g/mol. The number of rotatable bonds is 4. The van der Waals surface area contributed by atoms with Crippen molar-refractivity contribution in [3.63, 3.8) is 0 Å². The first kappa shape index (κ1) is 14.3. The number of hydrogen-bond donors (Lipinski definition) is 1. The standard InChI is InChI=1S/C16H17F2NO/c1-3-19(15-7-5-4-6-14(15)18)11(2)13-9-8-12(17)10-16(13)20/h4-11,20H,3H2,1-2H3. The normalized spacial score (nSPS) is 12.2. The maximum absolute atomic E-state index is 13.9. The molecule has 2 rings (SSSR count). The number of phenolic OH excluding ortho intramolecular Hbond substituents is 1. The molecule has 2 nitrogen and oxygen atoms in total. The van der Waals surface area contributed by atoms with Gasteiger partial charge in [0.25, 0.3) is 0 Å². The summed E-state index contributed by atoms with van der Waals surface area (Å²) >= 11 is 0. The maximum atomic E-state index is 13.9. The number of aromatic hydroxyl groups is 1. The van der Waals surface area contributed by atoms with Crippen LogP contribution in [0.2, 0.25) is 0 Å². The van der Waals surface area contributed by atoms with Gasteiger partial charge in [0.1, 0.15) is 17.4 Å². The summed E-state index contributed by atoms with van der Waals surface area (Å²) in [7, 11) is 0. The molecule has 0 amide bonds. The first-order valence-corrected chi connectivity index (χ1v) is 6.54. The highest BCUT2D eigenvalue weighted by atomic mass is 19.1. The third-order valence-corrected chi connectivity index (χ3v) is 3.41. The van der Waals surface area contributed by atoms with Crippen molar-refractivity contribution in [3.8, 4) is 5.75 Å². The third-order valence-electron chi connectivity index (χ3n) is 3.41. The van der Waals surface area contributed by atoms with Crippen LogP contribution < -0.4 is 4.90 Å². The molecule has 4 heteroatoms. The monoisotopic (exact) mass is 277 g/mol. The molecule has 0 aliphatic rings. The highest BCUT2D eigenvalue weighted by molar-refractivity contribution is 5.51. The Labute approximate surface area is 117 Å². The summed E-state index contributed by atoms with van der Waals surface area (Å²) in [5, 5.41) is 9.86. The van der Waals surface area contributed by atoms with Gasteiger partial charge in [-0.05, 0) is 32.0 Å². The average molecular weight is 277 g/mol. The van der Waals surface area contributed by atoms with E-state index in [0.29, 0.717) is 17.8 Å². The quantitative estimate of drug-likeness (QED) is 0.902. The van der Waals surface area contributed by atoms with Gasteiger partial charge in [-0.3, -0.25) is 0 Å². The SMILES string of the molecule is CCN(c1ccccc1F)C(C)c1ccc(F)cc1O. The average Bonchev–Trinajstić information content (AvgIpc) is 2.41. The van der Waals surface area contributed by atoms with Crippen molar-refractivity contribution in [1.29, 1.82) is 0 Å². The molecule has 0 spiro atoms. The second-order valence-electron chi connectivity index (χ2n) is 4.62. The predicted molar refractivity (Wildman–Crippen MR) is 75.9 cm³/mol. The van der Waals surface area contributed by atoms with Gasteiger partial charge >= 0.3 is 0 Å². The minimum atomic E-state index is -0.493. The fourth-order valence-corrected chi connectivity index (χ4v) is 2.38. The summed E-state index contributed by atoms with van der Waals surface area (Å²) in [6.45, 7) is 4.32. The van der Waals surface area contributed by atoms with Gasteiger partial charge < -0.3 is 10.0 Å². The van der Waals surface area contributed by atoms with Crippen LogP contribution >= 0.6 is 0 Å². The molecular formula is C16H17F2NO. The maximum Gasteiger partial charge on any atom is 0.146 e. The molecule has 0 saturated heterocycles. The Morgan fingerprint density at radius 3 is 2.45 bits per heavy atom. The van der Waals surface area contributed by atoms with Crippen molar-refractivity contribution < 1.29 is 13.9 Å². The number of benzene rings is 2. The summed E-state index contributed by atoms with van der Waals surface area (Å²) in [6.07, 6.45) is 0. The van der Waals surface area contributed by atoms with Gasteiger partial charge in [-0.1, -0.05) is 18.2 Å². The Kier molecular flexibility index (Phi) is 4.23. The van der Waals surface area contributed by atoms with Crippen molar-refractivity contribution in [2.24, 2.45) is 0 Å². The third kappa shape index (κ3) is 2.74. The fourth-order valence-electron chi connectivity index (χ4n) is 2.38. The minimum absolute atomic E-state index is 0.118. The molecule has 0 fully saturated rings. The van der Waals surface area contributed by atoms with Crippen LogP contribution in [0.4, 0.5) is 14.5 Å². The highest BCUT2D eigenvalue weighted by Crippen LogP contribution is 2.33. The molecule has 0 aliphatic heterocycles. The first-order chi connectivity index (χ1) is 9.54. The van der Waals surface area contributed by atoms with Crippen LogP contribution in [-0.4, -0.2) is 11.7 Å². The number of para-hydroxylation sites is 1. The first-order valence-electron chi connectivity index (χ1n) is 6.54. The highest BCUT2D eigenvalue weighted by Gasteiger charge is 2.20. The Hall–Kier alpha value is -2.10. The van der Waals surface area contributed by atoms with E-state index in [2.05, 4.69) is 0 Å². The van der Waals surface area contributed by atoms with Gasteiger partial charge in [0.2, 0.25) is 0 Å². The summed E-state index contributed by atoms with van der Waals surface area (Å²) in [5.74, 6) is -0.928. The molecule has 0 bridgehead atoms. The van der Waals surface area contributed by atoms with Crippen LogP contribution in [0.5, 0.6) is 5.75 Å². The Bertz CT molecular complexity index is 601. The van der Waals surface area contributed by atoms with Crippen LogP contribution in [0.15, 0.2) is 42.5 Å². The number of nitrogens with zero attached hydrogens (tertiary/aromatic N) is 1. The van der Waals surface area contributed by atoms with Crippen molar-refractivity contribution >= 4 is 5.69 Å². The van der Waals surface area contributed by atoms with Gasteiger partial charge in [0, 0.05) is 18.2 Å². The van der Waals surface area contributed by atoms with Crippen LogP contribution in [0, 0.1) is 11.6 Å². The van der Waals surface area contributed by atoms with Crippen LogP contribution in [0.3, 0.4) is 0 Å². The molecule has 0 aromatic heterocycles. The molecule has 0 radical (unpaired) electrons. The molecule has 1 N–H and O–H groups in total. The van der Waals surface area contributed by atoms with E-state index in [1.54, 1.807) is 18.2 Å². The number of hydrogen-bond acceptors (Lipinski definition) is 2. The minimum Gasteiger partial charge on any atom is -0.507 e. The van der Waals surface area contributed by atoms with E-state index in [0.717, 1.165) is 6.07 Å². The van der Waals surface area contributed by atoms with Gasteiger partial charge in [0.15, 0.2) is 0 Å². The van der Waals surface area contributed by atoms with Crippen molar-refractivity contribution in [2.45, 2.75) is 19.9 Å². The van der Waals surface area contributed by atoms with Crippen molar-refractivity contribution in [3.05, 3.63) is 59.7 Å². The molecule has 2 aromatic rings. The number of halogens is 2. The second kappa shape index (κ2) is 5.90. The lowest BCUT2D eigenvalue weighted by Gasteiger charge is -2.31. The second-order valence-corrected chi connectivity index (χ2v) is 4.62. The van der Waals surface area contributed by atoms with Crippen LogP contribution in [0.25, 0.3) is 0 Å². The lowest BCUT2D eigenvalue weighted by molar-refractivity contribution is 0.454. The van der Waals surface area contributed by atoms with Crippen molar-refractivity contribution in [2.75, 3.05) is 11.4 Å². The van der Waals surface area contributed by atoms with Gasteiger partial charge in [-0.25, -0.2) is 8.78 Å². The smallest absolute Gasteiger partial charge is 0.146 e. The zero-order chi connectivity index (χ0) is 14.7. The van der Waals surface area contributed by atoms with Crippen LogP contribution in [0.1, 0.15) is 25.5 Å². The zero-order valence-electron chi connectivity index (χ0n) is 11.5. The number of anilines is 1. The molecule has 0 saturated carbocycles. The van der Waals surface area contributed by atoms with E-state index in [4.69, 9.17) is 0 Å². The molecule has 106 valence electrons. The fraction of sp³-hybridized carbons (Fsp3) is 0.250. The zero-order valence-corrected chi connectivity index (χ0v) is 11.5. The Morgan fingerprint density at radius 2 is 1.85 bits per heavy atom. The Balaban J connectivity index is 2.39. The number of phenols is 1. The molecule has 20 heavy (non-hydrogen) atoms. The molecule has 2 aromatic carbocycles. The summed E-state index contributed by atoms with van der Waals surface area (Å²) < 4.78 is 27.0. The topological polar surface area (TPSA) is 23.5 Å². The van der Waals surface area contributed by atoms with Crippen LogP contribution in [-0.2, 0) is 0 Å². The summed E-state index contributed by atoms with van der Waals surface area (Å²) in [5.41, 5.74) is 1.03. The predicted octanol–water partition coefficient (Wildman–Crippen LogP) is 4.26. The van der Waals surface area contributed by atoms with E-state index in [-0.39, 0.29) is 17.6 Å². The van der Waals surface area contributed by atoms with E-state index >= 15 is 0 Å². The largest absolute Gasteiger partial charge is 0.507 e. The van der Waals surface area contributed by atoms with Gasteiger partial charge in [-0.15, -0.1) is 0 Å². The van der Waals surface area contributed by atoms with Gasteiger partial charge in [-0.2, -0.15) is 0 Å². The summed E-state index contributed by atoms with van der Waals surface area (Å²) in [4.78, 5) is 1.82. The summed E-state index contributed by atoms with van der Waals surface area (Å²) in [6, 6.07) is 10.1. The molecule has 1 unspecified atom stereocenters. The lowest BCUT2D eigenvalue weighted by atomic mass is 10.0. The van der Waals surface area contributed by atoms with Crippen molar-refractivity contribution in [1.82, 2.24) is 0 Å². The van der Waals surface area contributed by atoms with E-state index in [1.165, 1.54) is 18.2 Å². The van der Waals surface area contributed by atoms with E-state index in [1.807, 2.05) is 18.7 Å². The molecule has 0 heterocycles. The lowest BCUT2D eigenvalue weighted by Crippen LogP contribution is -2.27. The molecule has 0 aliphatic carbocycles. The van der Waals surface area contributed by atoms with Gasteiger partial charge in [0.05, 0.1) is 11.7 Å². The van der Waals surface area contributed by atoms with E-state index in [9.17, 15) is 13.9 Å². The van der Waals surface area contributed by atoms with E-state index < -0.39 is 5.82 Å². The molecule has 1 atom stereocenters. The Morgan fingerprint density at radius 1 is 1.15 bits per heavy atom.